The number of benzene rings is 1. The summed E-state index contributed by atoms with van der Waals surface area (Å²) in [5.74, 6) is -0.169. The zero-order chi connectivity index (χ0) is 26.4. The maximum absolute atomic E-state index is 14.9. The zero-order valence-electron chi connectivity index (χ0n) is 21.7. The van der Waals surface area contributed by atoms with E-state index in [9.17, 15) is 9.18 Å². The van der Waals surface area contributed by atoms with E-state index in [2.05, 4.69) is 24.9 Å². The summed E-state index contributed by atoms with van der Waals surface area (Å²) in [7, 11) is 1.52. The molecular weight excluding hydrogens is 489 g/mol. The van der Waals surface area contributed by atoms with Gasteiger partial charge in [-0.25, -0.2) is 9.37 Å². The van der Waals surface area contributed by atoms with Crippen molar-refractivity contribution < 1.29 is 23.8 Å². The van der Waals surface area contributed by atoms with Gasteiger partial charge in [0.25, 0.3) is 0 Å². The number of hydrogen-bond donors (Lipinski definition) is 1. The van der Waals surface area contributed by atoms with Crippen LogP contribution >= 0.6 is 11.3 Å². The Morgan fingerprint density at radius 1 is 1.22 bits per heavy atom. The van der Waals surface area contributed by atoms with Crippen molar-refractivity contribution in [3.8, 4) is 22.1 Å². The van der Waals surface area contributed by atoms with Gasteiger partial charge in [-0.1, -0.05) is 51.3 Å². The fourth-order valence-electron chi connectivity index (χ4n) is 4.33. The smallest absolute Gasteiger partial charge is 0.303 e. The molecule has 1 fully saturated rings. The normalized spacial score (nSPS) is 15.4. The van der Waals surface area contributed by atoms with Crippen molar-refractivity contribution in [1.82, 2.24) is 4.98 Å². The number of allylic oxidation sites excluding steroid dienone is 2. The average molecular weight is 524 g/mol. The first-order valence-electron chi connectivity index (χ1n) is 12.7. The molecule has 7 heteroatoms. The van der Waals surface area contributed by atoms with Gasteiger partial charge in [-0.2, -0.15) is 0 Å². The van der Waals surface area contributed by atoms with E-state index in [1.165, 1.54) is 49.5 Å². The molecule has 0 bridgehead atoms. The van der Waals surface area contributed by atoms with Crippen LogP contribution in [0.4, 0.5) is 4.39 Å². The first kappa shape index (κ1) is 26.9. The number of hydrogen-bond acceptors (Lipinski definition) is 5. The predicted molar refractivity (Wildman–Crippen MR) is 146 cm³/mol. The van der Waals surface area contributed by atoms with E-state index < -0.39 is 5.97 Å². The van der Waals surface area contributed by atoms with Gasteiger partial charge in [0.1, 0.15) is 18.2 Å². The maximum Gasteiger partial charge on any atom is 0.303 e. The molecule has 37 heavy (non-hydrogen) atoms. The topological polar surface area (TPSA) is 68.7 Å². The lowest BCUT2D eigenvalue weighted by Gasteiger charge is -2.24. The Kier molecular flexibility index (Phi) is 8.64. The minimum Gasteiger partial charge on any atom is -0.489 e. The number of pyridine rings is 1. The van der Waals surface area contributed by atoms with E-state index in [1.54, 1.807) is 6.07 Å². The van der Waals surface area contributed by atoms with Crippen molar-refractivity contribution in [1.29, 1.82) is 0 Å². The molecule has 1 N–H and O–H groups in total. The van der Waals surface area contributed by atoms with E-state index in [1.807, 2.05) is 29.6 Å². The van der Waals surface area contributed by atoms with Crippen LogP contribution in [0, 0.1) is 11.2 Å². The summed E-state index contributed by atoms with van der Waals surface area (Å²) in [5.41, 5.74) is 4.56. The minimum atomic E-state index is -0.825. The van der Waals surface area contributed by atoms with E-state index in [4.69, 9.17) is 14.6 Å². The molecule has 196 valence electrons. The van der Waals surface area contributed by atoms with Crippen LogP contribution in [0.5, 0.6) is 11.6 Å². The van der Waals surface area contributed by atoms with Gasteiger partial charge in [-0.05, 0) is 53.3 Å². The van der Waals surface area contributed by atoms with Gasteiger partial charge in [-0.3, -0.25) is 4.79 Å². The number of carboxylic acids is 1. The molecule has 0 amide bonds. The Morgan fingerprint density at radius 3 is 2.65 bits per heavy atom. The molecule has 2 aliphatic rings. The maximum atomic E-state index is 14.9. The first-order chi connectivity index (χ1) is 17.8. The lowest BCUT2D eigenvalue weighted by Crippen LogP contribution is -2.11. The molecule has 0 atom stereocenters. The van der Waals surface area contributed by atoms with Gasteiger partial charge in [0.2, 0.25) is 5.88 Å². The van der Waals surface area contributed by atoms with Crippen molar-refractivity contribution >= 4 is 22.9 Å². The predicted octanol–water partition coefficient (Wildman–Crippen LogP) is 7.93. The van der Waals surface area contributed by atoms with E-state index in [0.29, 0.717) is 30.2 Å². The van der Waals surface area contributed by atoms with Crippen molar-refractivity contribution in [2.45, 2.75) is 65.4 Å². The summed E-state index contributed by atoms with van der Waals surface area (Å²) < 4.78 is 26.3. The van der Waals surface area contributed by atoms with Gasteiger partial charge < -0.3 is 14.6 Å². The van der Waals surface area contributed by atoms with Crippen molar-refractivity contribution in [3.05, 3.63) is 70.5 Å². The Labute approximate surface area is 222 Å². The van der Waals surface area contributed by atoms with Gasteiger partial charge in [0.15, 0.2) is 0 Å². The SMILES string of the molecule is C1CC1.COc1cc(-c2scc(COc3cccc(CCC(=O)O)c3)c2C2=CCCC2(C)C)c(F)cn1. The number of ether oxygens (including phenoxy) is 2. The standard InChI is InChI=1S/C27H28FNO4S.C3H6/c1-27(2)11-5-8-21(27)25-18(15-33-19-7-4-6-17(12-19)9-10-24(30)31)16-34-26(25)20-13-23(32-3)29-14-22(20)28;1-2-3-1/h4,6-8,12-14,16H,5,9-11,15H2,1-3H3,(H,30,31);1-3H2. The summed E-state index contributed by atoms with van der Waals surface area (Å²) >= 11 is 1.49. The van der Waals surface area contributed by atoms with Crippen molar-refractivity contribution in [2.24, 2.45) is 5.41 Å². The second-order valence-electron chi connectivity index (χ2n) is 10.1. The van der Waals surface area contributed by atoms with E-state index in [0.717, 1.165) is 34.4 Å². The molecule has 0 spiro atoms. The number of aliphatic carboxylic acids is 1. The van der Waals surface area contributed by atoms with E-state index in [-0.39, 0.29) is 17.7 Å². The molecule has 0 unspecified atom stereocenters. The zero-order valence-corrected chi connectivity index (χ0v) is 22.5. The minimum absolute atomic E-state index is 0.0328. The van der Waals surface area contributed by atoms with Gasteiger partial charge in [0.05, 0.1) is 13.3 Å². The molecule has 1 aromatic carbocycles. The summed E-state index contributed by atoms with van der Waals surface area (Å²) in [6.07, 6.45) is 10.5. The number of thiophene rings is 1. The van der Waals surface area contributed by atoms with Crippen molar-refractivity contribution in [3.63, 3.8) is 0 Å². The van der Waals surface area contributed by atoms with Crippen LogP contribution in [0.25, 0.3) is 16.0 Å². The second-order valence-corrected chi connectivity index (χ2v) is 11.0. The fraction of sp³-hybridized carbons (Fsp3) is 0.400. The van der Waals surface area contributed by atoms with Crippen LogP contribution < -0.4 is 9.47 Å². The van der Waals surface area contributed by atoms with Crippen LogP contribution in [0.1, 0.15) is 69.1 Å². The Balaban J connectivity index is 0.000000994. The molecule has 2 aliphatic carbocycles. The number of halogens is 1. The summed E-state index contributed by atoms with van der Waals surface area (Å²) in [5, 5.41) is 11.0. The van der Waals surface area contributed by atoms with Gasteiger partial charge in [-0.15, -0.1) is 11.3 Å². The molecule has 0 radical (unpaired) electrons. The summed E-state index contributed by atoms with van der Waals surface area (Å²) in [6, 6.07) is 9.15. The Hall–Kier alpha value is -3.19. The molecule has 2 heterocycles. The highest BCUT2D eigenvalue weighted by molar-refractivity contribution is 7.14. The lowest BCUT2D eigenvalue weighted by molar-refractivity contribution is -0.136. The number of aromatic nitrogens is 1. The van der Waals surface area contributed by atoms with Crippen LogP contribution in [0.2, 0.25) is 0 Å². The monoisotopic (exact) mass is 523 g/mol. The highest BCUT2D eigenvalue weighted by Crippen LogP contribution is 2.50. The van der Waals surface area contributed by atoms with Gasteiger partial charge in [0, 0.05) is 34.1 Å². The third-order valence-electron chi connectivity index (χ3n) is 6.54. The number of methoxy groups -OCH3 is 1. The Morgan fingerprint density at radius 2 is 2.00 bits per heavy atom. The average Bonchev–Trinajstić information content (AvgIpc) is 3.65. The number of rotatable bonds is 9. The molecule has 5 nitrogen and oxygen atoms in total. The summed E-state index contributed by atoms with van der Waals surface area (Å²) in [6.45, 7) is 4.76. The lowest BCUT2D eigenvalue weighted by atomic mass is 9.80. The molecule has 1 saturated carbocycles. The second kappa shape index (κ2) is 11.9. The number of carboxylic acid groups (broad SMARTS) is 1. The van der Waals surface area contributed by atoms with Crippen LogP contribution in [0.3, 0.4) is 0 Å². The van der Waals surface area contributed by atoms with Crippen LogP contribution in [-0.4, -0.2) is 23.2 Å². The number of carbonyl (C=O) groups is 1. The summed E-state index contributed by atoms with van der Waals surface area (Å²) in [4.78, 5) is 15.7. The third kappa shape index (κ3) is 6.98. The highest BCUT2D eigenvalue weighted by atomic mass is 32.1. The number of aryl methyl sites for hydroxylation is 1. The number of nitrogens with zero attached hydrogens (tertiary/aromatic N) is 1. The molecule has 0 saturated heterocycles. The molecule has 3 aromatic rings. The molecule has 0 aliphatic heterocycles. The largest absolute Gasteiger partial charge is 0.489 e. The third-order valence-corrected chi connectivity index (χ3v) is 7.60. The van der Waals surface area contributed by atoms with Crippen LogP contribution in [0.15, 0.2) is 48.0 Å². The fourth-order valence-corrected chi connectivity index (χ4v) is 5.42. The molecular formula is C30H34FNO4S. The molecule has 2 aromatic heterocycles. The quantitative estimate of drug-likeness (QED) is 0.308. The molecule has 5 rings (SSSR count). The van der Waals surface area contributed by atoms with Crippen LogP contribution in [-0.2, 0) is 17.8 Å². The van der Waals surface area contributed by atoms with E-state index >= 15 is 0 Å². The van der Waals surface area contributed by atoms with Crippen molar-refractivity contribution in [2.75, 3.05) is 7.11 Å². The Bertz CT molecular complexity index is 1280. The van der Waals surface area contributed by atoms with Gasteiger partial charge >= 0.3 is 5.97 Å². The first-order valence-corrected chi connectivity index (χ1v) is 13.6. The highest BCUT2D eigenvalue weighted by Gasteiger charge is 2.33.